The van der Waals surface area contributed by atoms with Crippen LogP contribution in [0.2, 0.25) is 0 Å². The molecule has 8 rings (SSSR count). The lowest BCUT2D eigenvalue weighted by atomic mass is 9.95. The Hall–Kier alpha value is -5.73. The van der Waals surface area contributed by atoms with Gasteiger partial charge in [-0.15, -0.1) is 0 Å². The minimum atomic E-state index is 0.897. The zero-order valence-corrected chi connectivity index (χ0v) is 25.0. The second-order valence-electron chi connectivity index (χ2n) is 11.5. The summed E-state index contributed by atoms with van der Waals surface area (Å²) in [6.07, 6.45) is 6.44. The highest BCUT2D eigenvalue weighted by atomic mass is 15.0. The SMILES string of the molecule is C1=C(c2ccccc2)\N=C(\c2ccccc2)CC\C=C/1c1ccc(-c2ccc(-n3c4ccccc4c4ccccc43)cc2)cc1. The van der Waals surface area contributed by atoms with E-state index in [4.69, 9.17) is 4.99 Å². The van der Waals surface area contributed by atoms with E-state index in [9.17, 15) is 0 Å². The summed E-state index contributed by atoms with van der Waals surface area (Å²) in [6, 6.07) is 56.2. The Kier molecular flexibility index (Phi) is 7.01. The summed E-state index contributed by atoms with van der Waals surface area (Å²) in [5, 5.41) is 2.56. The Morgan fingerprint density at radius 2 is 0.956 bits per heavy atom. The van der Waals surface area contributed by atoms with E-state index in [1.807, 2.05) is 0 Å². The molecule has 7 aromatic rings. The van der Waals surface area contributed by atoms with Crippen LogP contribution in [-0.4, -0.2) is 10.3 Å². The maximum absolute atomic E-state index is 5.22. The van der Waals surface area contributed by atoms with Crippen molar-refractivity contribution in [1.82, 2.24) is 4.57 Å². The second-order valence-corrected chi connectivity index (χ2v) is 11.5. The highest BCUT2D eigenvalue weighted by molar-refractivity contribution is 6.09. The van der Waals surface area contributed by atoms with E-state index in [-0.39, 0.29) is 0 Å². The molecule has 0 unspecified atom stereocenters. The minimum absolute atomic E-state index is 0.897. The number of aromatic nitrogens is 1. The standard InChI is InChI=1S/C43H32N2/c1-3-12-34(13-4-1)40-19-11-16-36(30-41(44-40)35-14-5-2-6-15-35)33-24-22-31(23-25-33)32-26-28-37(29-27-32)45-42-20-9-7-17-38(42)39-18-8-10-21-43(39)45/h1-10,12-18,20-30H,11,19H2/b36-16+,41-30-,44-40+. The predicted molar refractivity (Wildman–Crippen MR) is 191 cm³/mol. The van der Waals surface area contributed by atoms with Crippen LogP contribution in [0.4, 0.5) is 0 Å². The van der Waals surface area contributed by atoms with Gasteiger partial charge in [0.2, 0.25) is 0 Å². The summed E-state index contributed by atoms with van der Waals surface area (Å²) in [6.45, 7) is 0. The molecule has 2 heterocycles. The molecular formula is C43H32N2. The average Bonchev–Trinajstić information content (AvgIpc) is 3.44. The van der Waals surface area contributed by atoms with Crippen molar-refractivity contribution in [1.29, 1.82) is 0 Å². The van der Waals surface area contributed by atoms with E-state index in [1.165, 1.54) is 55.3 Å². The van der Waals surface area contributed by atoms with Gasteiger partial charge in [0.05, 0.1) is 16.7 Å². The summed E-state index contributed by atoms with van der Waals surface area (Å²) in [5.41, 5.74) is 12.9. The normalized spacial score (nSPS) is 17.0. The van der Waals surface area contributed by atoms with Gasteiger partial charge in [0.1, 0.15) is 0 Å². The molecule has 1 aliphatic rings. The number of hydrogen-bond acceptors (Lipinski definition) is 1. The molecule has 0 saturated carbocycles. The number of allylic oxidation sites excluding steroid dienone is 3. The lowest BCUT2D eigenvalue weighted by Gasteiger charge is -2.14. The molecule has 0 fully saturated rings. The summed E-state index contributed by atoms with van der Waals surface area (Å²) in [7, 11) is 0. The van der Waals surface area contributed by atoms with Crippen molar-refractivity contribution in [2.45, 2.75) is 12.8 Å². The number of nitrogens with zero attached hydrogens (tertiary/aromatic N) is 2. The quantitative estimate of drug-likeness (QED) is 0.194. The number of hydrogen-bond donors (Lipinski definition) is 0. The molecule has 2 nitrogen and oxygen atoms in total. The summed E-state index contributed by atoms with van der Waals surface area (Å²) < 4.78 is 2.36. The molecule has 6 aromatic carbocycles. The topological polar surface area (TPSA) is 17.3 Å². The highest BCUT2D eigenvalue weighted by Gasteiger charge is 2.13. The fourth-order valence-electron chi connectivity index (χ4n) is 6.46. The van der Waals surface area contributed by atoms with Crippen molar-refractivity contribution < 1.29 is 0 Å². The van der Waals surface area contributed by atoms with Crippen LogP contribution in [0.25, 0.3) is 49.9 Å². The first-order chi connectivity index (χ1) is 22.3. The lowest BCUT2D eigenvalue weighted by molar-refractivity contribution is 1.09. The third-order valence-corrected chi connectivity index (χ3v) is 8.73. The highest BCUT2D eigenvalue weighted by Crippen LogP contribution is 2.33. The summed E-state index contributed by atoms with van der Waals surface area (Å²) >= 11 is 0. The van der Waals surface area contributed by atoms with Crippen LogP contribution in [0.1, 0.15) is 29.5 Å². The van der Waals surface area contributed by atoms with Crippen LogP contribution in [0, 0.1) is 0 Å². The first-order valence-corrected chi connectivity index (χ1v) is 15.6. The first kappa shape index (κ1) is 26.9. The van der Waals surface area contributed by atoms with Crippen molar-refractivity contribution in [3.63, 3.8) is 0 Å². The maximum Gasteiger partial charge on any atom is 0.0711 e. The van der Waals surface area contributed by atoms with Gasteiger partial charge < -0.3 is 4.57 Å². The number of para-hydroxylation sites is 2. The molecule has 45 heavy (non-hydrogen) atoms. The molecule has 0 amide bonds. The lowest BCUT2D eigenvalue weighted by Crippen LogP contribution is -2.03. The second kappa shape index (κ2) is 11.7. The Morgan fingerprint density at radius 1 is 0.444 bits per heavy atom. The molecule has 2 heteroatoms. The Labute approximate surface area is 264 Å². The molecule has 1 aliphatic heterocycles. The fourth-order valence-corrected chi connectivity index (χ4v) is 6.46. The van der Waals surface area contributed by atoms with Gasteiger partial charge in [-0.25, -0.2) is 0 Å². The number of benzene rings is 6. The third kappa shape index (κ3) is 5.21. The number of fused-ring (bicyclic) bond motifs is 3. The first-order valence-electron chi connectivity index (χ1n) is 15.6. The van der Waals surface area contributed by atoms with Crippen molar-refractivity contribution in [2.24, 2.45) is 4.99 Å². The molecule has 0 atom stereocenters. The maximum atomic E-state index is 5.22. The van der Waals surface area contributed by atoms with Crippen molar-refractivity contribution in [3.05, 3.63) is 187 Å². The van der Waals surface area contributed by atoms with Gasteiger partial charge in [0, 0.05) is 27.7 Å². The largest absolute Gasteiger partial charge is 0.309 e. The molecule has 0 saturated heterocycles. The molecule has 214 valence electrons. The monoisotopic (exact) mass is 576 g/mol. The van der Waals surface area contributed by atoms with Crippen LogP contribution in [0.5, 0.6) is 0 Å². The van der Waals surface area contributed by atoms with Crippen LogP contribution in [-0.2, 0) is 0 Å². The van der Waals surface area contributed by atoms with E-state index in [1.54, 1.807) is 0 Å². The zero-order valence-electron chi connectivity index (χ0n) is 25.0. The van der Waals surface area contributed by atoms with Crippen molar-refractivity contribution >= 4 is 38.8 Å². The van der Waals surface area contributed by atoms with Gasteiger partial charge >= 0.3 is 0 Å². The molecule has 0 spiro atoms. The molecule has 1 aromatic heterocycles. The molecule has 0 radical (unpaired) electrons. The summed E-state index contributed by atoms with van der Waals surface area (Å²) in [5.74, 6) is 0. The van der Waals surface area contributed by atoms with Gasteiger partial charge in [0.25, 0.3) is 0 Å². The third-order valence-electron chi connectivity index (χ3n) is 8.73. The van der Waals surface area contributed by atoms with Crippen LogP contribution in [0.15, 0.2) is 175 Å². The smallest absolute Gasteiger partial charge is 0.0711 e. The number of rotatable bonds is 5. The predicted octanol–water partition coefficient (Wildman–Crippen LogP) is 11.2. The Balaban J connectivity index is 1.11. The van der Waals surface area contributed by atoms with Gasteiger partial charge in [-0.1, -0.05) is 140 Å². The Bertz CT molecular complexity index is 2160. The summed E-state index contributed by atoms with van der Waals surface area (Å²) in [4.78, 5) is 5.22. The van der Waals surface area contributed by atoms with E-state index in [0.717, 1.165) is 29.8 Å². The molecule has 0 N–H and O–H groups in total. The van der Waals surface area contributed by atoms with Crippen molar-refractivity contribution in [3.8, 4) is 16.8 Å². The number of aliphatic imine (C=N–C) groups is 1. The molecule has 0 aliphatic carbocycles. The van der Waals surface area contributed by atoms with Crippen molar-refractivity contribution in [2.75, 3.05) is 0 Å². The van der Waals surface area contributed by atoms with E-state index in [0.29, 0.717) is 0 Å². The van der Waals surface area contributed by atoms with Gasteiger partial charge in [0.15, 0.2) is 0 Å². The van der Waals surface area contributed by atoms with Crippen LogP contribution < -0.4 is 0 Å². The van der Waals surface area contributed by atoms with Gasteiger partial charge in [-0.3, -0.25) is 4.99 Å². The van der Waals surface area contributed by atoms with E-state index >= 15 is 0 Å². The van der Waals surface area contributed by atoms with Crippen LogP contribution >= 0.6 is 0 Å². The molecule has 0 bridgehead atoms. The van der Waals surface area contributed by atoms with Gasteiger partial charge in [-0.05, 0) is 71.0 Å². The Morgan fingerprint density at radius 3 is 1.58 bits per heavy atom. The fraction of sp³-hybridized carbons (Fsp3) is 0.0465. The van der Waals surface area contributed by atoms with Crippen LogP contribution in [0.3, 0.4) is 0 Å². The minimum Gasteiger partial charge on any atom is -0.309 e. The van der Waals surface area contributed by atoms with E-state index in [2.05, 4.69) is 174 Å². The average molecular weight is 577 g/mol. The zero-order chi connectivity index (χ0) is 30.0. The van der Waals surface area contributed by atoms with E-state index < -0.39 is 0 Å². The molecular weight excluding hydrogens is 544 g/mol. The van der Waals surface area contributed by atoms with Gasteiger partial charge in [-0.2, -0.15) is 0 Å².